The first-order valence-electron chi connectivity index (χ1n) is 12.8. The molecule has 0 radical (unpaired) electrons. The molecule has 3 aliphatic rings. The third-order valence-electron chi connectivity index (χ3n) is 7.78. The maximum Gasteiger partial charge on any atom is 0.409 e. The molecule has 9 nitrogen and oxygen atoms in total. The van der Waals surface area contributed by atoms with Crippen molar-refractivity contribution in [3.05, 3.63) is 35.9 Å². The number of carboxylic acid groups (broad SMARTS) is 1. The number of ether oxygens (including phenoxy) is 1. The lowest BCUT2D eigenvalue weighted by atomic mass is 9.74. The van der Waals surface area contributed by atoms with E-state index in [9.17, 15) is 24.6 Å². The van der Waals surface area contributed by atoms with E-state index in [-0.39, 0.29) is 17.6 Å². The van der Waals surface area contributed by atoms with E-state index in [0.717, 1.165) is 49.1 Å². The van der Waals surface area contributed by atoms with Gasteiger partial charge in [0.2, 0.25) is 0 Å². The van der Waals surface area contributed by atoms with Crippen molar-refractivity contribution in [1.82, 2.24) is 9.80 Å². The molecule has 1 aromatic heterocycles. The number of piperidine rings is 2. The summed E-state index contributed by atoms with van der Waals surface area (Å²) in [6.07, 6.45) is 2.95. The molecule has 10 heteroatoms. The van der Waals surface area contributed by atoms with Gasteiger partial charge in [-0.15, -0.1) is 11.3 Å². The summed E-state index contributed by atoms with van der Waals surface area (Å²) in [5.41, 5.74) is 0.285. The molecule has 0 aliphatic carbocycles. The summed E-state index contributed by atoms with van der Waals surface area (Å²) in [7, 11) is 0. The van der Waals surface area contributed by atoms with Crippen LogP contribution in [0.25, 0.3) is 10.4 Å². The molecule has 1 atom stereocenters. The molecule has 37 heavy (non-hydrogen) atoms. The first-order chi connectivity index (χ1) is 17.6. The molecule has 0 bridgehead atoms. The molecule has 5 rings (SSSR count). The quantitative estimate of drug-likeness (QED) is 0.496. The fraction of sp³-hybridized carbons (Fsp3) is 0.519. The molecule has 0 saturated carbocycles. The summed E-state index contributed by atoms with van der Waals surface area (Å²) in [6.45, 7) is 6.75. The minimum Gasteiger partial charge on any atom is -0.508 e. The number of phenolic OH excluding ortho intramolecular Hbond substituents is 1. The average Bonchev–Trinajstić information content (AvgIpc) is 3.35. The molecule has 3 saturated heterocycles. The van der Waals surface area contributed by atoms with Crippen molar-refractivity contribution in [1.29, 1.82) is 0 Å². The van der Waals surface area contributed by atoms with E-state index in [0.29, 0.717) is 36.2 Å². The van der Waals surface area contributed by atoms with Gasteiger partial charge in [-0.1, -0.05) is 0 Å². The number of anilines is 1. The second-order valence-corrected chi connectivity index (χ2v) is 12.1. The summed E-state index contributed by atoms with van der Waals surface area (Å²) in [6, 6.07) is 8.60. The Bertz CT molecular complexity index is 1200. The predicted octanol–water partition coefficient (Wildman–Crippen LogP) is 4.62. The van der Waals surface area contributed by atoms with Crippen LogP contribution >= 0.6 is 11.3 Å². The lowest BCUT2D eigenvalue weighted by Gasteiger charge is -2.44. The van der Waals surface area contributed by atoms with Gasteiger partial charge >= 0.3 is 12.1 Å². The Labute approximate surface area is 220 Å². The van der Waals surface area contributed by atoms with Crippen molar-refractivity contribution < 1.29 is 29.3 Å². The van der Waals surface area contributed by atoms with E-state index in [2.05, 4.69) is 10.2 Å². The molecule has 1 aromatic carbocycles. The molecular formula is C27H33N3O6S. The monoisotopic (exact) mass is 527 g/mol. The lowest BCUT2D eigenvalue weighted by Crippen LogP contribution is -2.53. The highest BCUT2D eigenvalue weighted by atomic mass is 32.1. The van der Waals surface area contributed by atoms with Gasteiger partial charge in [0.25, 0.3) is 5.91 Å². The van der Waals surface area contributed by atoms with Crippen LogP contribution in [0.2, 0.25) is 0 Å². The van der Waals surface area contributed by atoms with Crippen molar-refractivity contribution >= 4 is 34.3 Å². The van der Waals surface area contributed by atoms with E-state index in [4.69, 9.17) is 4.74 Å². The summed E-state index contributed by atoms with van der Waals surface area (Å²) < 4.78 is 5.68. The van der Waals surface area contributed by atoms with Crippen LogP contribution in [0.15, 0.2) is 30.3 Å². The Morgan fingerprint density at radius 1 is 1.14 bits per heavy atom. The van der Waals surface area contributed by atoms with Crippen LogP contribution in [-0.2, 0) is 9.53 Å². The van der Waals surface area contributed by atoms with Crippen LogP contribution < -0.4 is 5.32 Å². The van der Waals surface area contributed by atoms with Gasteiger partial charge in [0.15, 0.2) is 0 Å². The smallest absolute Gasteiger partial charge is 0.409 e. The first kappa shape index (κ1) is 25.5. The normalized spacial score (nSPS) is 24.3. The number of benzene rings is 1. The predicted molar refractivity (Wildman–Crippen MR) is 140 cm³/mol. The van der Waals surface area contributed by atoms with Gasteiger partial charge in [-0.3, -0.25) is 19.8 Å². The van der Waals surface area contributed by atoms with E-state index < -0.39 is 17.1 Å². The van der Waals surface area contributed by atoms with Gasteiger partial charge in [-0.05, 0) is 82.0 Å². The molecule has 2 amide bonds. The molecule has 3 N–H and O–H groups in total. The highest BCUT2D eigenvalue weighted by molar-refractivity contribution is 7.20. The van der Waals surface area contributed by atoms with Crippen LogP contribution in [0.1, 0.15) is 56.3 Å². The summed E-state index contributed by atoms with van der Waals surface area (Å²) in [5, 5.41) is 21.6. The zero-order valence-corrected chi connectivity index (χ0v) is 22.0. The van der Waals surface area contributed by atoms with E-state index in [1.54, 1.807) is 35.2 Å². The van der Waals surface area contributed by atoms with Gasteiger partial charge < -0.3 is 19.8 Å². The van der Waals surface area contributed by atoms with Crippen molar-refractivity contribution in [2.75, 3.05) is 31.5 Å². The van der Waals surface area contributed by atoms with Crippen LogP contribution in [0, 0.1) is 5.41 Å². The number of hydrogen-bond acceptors (Lipinski definition) is 7. The Morgan fingerprint density at radius 2 is 1.84 bits per heavy atom. The van der Waals surface area contributed by atoms with Crippen molar-refractivity contribution in [3.8, 4) is 16.2 Å². The zero-order valence-electron chi connectivity index (χ0n) is 21.2. The van der Waals surface area contributed by atoms with Gasteiger partial charge in [-0.2, -0.15) is 0 Å². The number of carbonyl (C=O) groups excluding carboxylic acids is 2. The van der Waals surface area contributed by atoms with Crippen molar-refractivity contribution in [2.45, 2.75) is 57.6 Å². The number of amides is 2. The topological polar surface area (TPSA) is 119 Å². The molecule has 3 aliphatic heterocycles. The van der Waals surface area contributed by atoms with Gasteiger partial charge in [0.1, 0.15) is 16.4 Å². The second kappa shape index (κ2) is 9.64. The molecular weight excluding hydrogens is 494 g/mol. The fourth-order valence-electron chi connectivity index (χ4n) is 6.18. The van der Waals surface area contributed by atoms with Gasteiger partial charge in [0.05, 0.1) is 11.0 Å². The lowest BCUT2D eigenvalue weighted by molar-refractivity contribution is -0.154. The largest absolute Gasteiger partial charge is 0.508 e. The minimum absolute atomic E-state index is 0.0739. The first-order valence-corrected chi connectivity index (χ1v) is 13.6. The number of hydrogen-bond donors (Lipinski definition) is 3. The van der Waals surface area contributed by atoms with Crippen LogP contribution in [-0.4, -0.2) is 75.8 Å². The second-order valence-electron chi connectivity index (χ2n) is 11.0. The van der Waals surface area contributed by atoms with Crippen molar-refractivity contribution in [3.63, 3.8) is 0 Å². The highest BCUT2D eigenvalue weighted by Crippen LogP contribution is 2.47. The SMILES string of the molecule is CC1(C)CC2(CCCN(C3CCN(C(=O)c4cc(-c5ccc(O)cc5)sc4NC(=O)O)CC3)C2)C(=O)O1. The summed E-state index contributed by atoms with van der Waals surface area (Å²) in [4.78, 5) is 42.6. The number of carbonyl (C=O) groups is 3. The number of rotatable bonds is 4. The molecule has 1 spiro atoms. The Kier molecular flexibility index (Phi) is 6.66. The molecule has 3 fully saturated rings. The Hall–Kier alpha value is -3.11. The summed E-state index contributed by atoms with van der Waals surface area (Å²) in [5.74, 6) is -0.133. The van der Waals surface area contributed by atoms with E-state index >= 15 is 0 Å². The maximum absolute atomic E-state index is 13.5. The number of phenols is 1. The molecule has 2 aromatic rings. The average molecular weight is 528 g/mol. The number of likely N-dealkylation sites (tertiary alicyclic amines) is 2. The zero-order chi connectivity index (χ0) is 26.4. The fourth-order valence-corrected chi connectivity index (χ4v) is 7.23. The highest BCUT2D eigenvalue weighted by Gasteiger charge is 2.54. The number of esters is 1. The van der Waals surface area contributed by atoms with E-state index in [1.807, 2.05) is 13.8 Å². The number of nitrogens with one attached hydrogen (secondary N) is 1. The molecule has 1 unspecified atom stereocenters. The minimum atomic E-state index is -1.22. The van der Waals surface area contributed by atoms with Gasteiger partial charge in [0, 0.05) is 37.0 Å². The van der Waals surface area contributed by atoms with Crippen LogP contribution in [0.5, 0.6) is 5.75 Å². The Balaban J connectivity index is 1.27. The number of aromatic hydroxyl groups is 1. The third kappa shape index (κ3) is 5.17. The standard InChI is InChI=1S/C27H33N3O6S/c1-26(2)15-27(24(33)36-26)10-3-11-30(16-27)18-8-12-29(13-9-18)23(32)20-14-21(37-22(20)28-25(34)35)17-4-6-19(31)7-5-17/h4-7,14,18,28,31H,3,8-13,15-16H2,1-2H3,(H,34,35). The van der Waals surface area contributed by atoms with Crippen LogP contribution in [0.3, 0.4) is 0 Å². The Morgan fingerprint density at radius 3 is 2.46 bits per heavy atom. The molecule has 198 valence electrons. The number of nitrogens with zero attached hydrogens (tertiary/aromatic N) is 2. The van der Waals surface area contributed by atoms with E-state index in [1.165, 1.54) is 11.3 Å². The third-order valence-corrected chi connectivity index (χ3v) is 8.87. The summed E-state index contributed by atoms with van der Waals surface area (Å²) >= 11 is 1.20. The van der Waals surface area contributed by atoms with Gasteiger partial charge in [-0.25, -0.2) is 4.79 Å². The van der Waals surface area contributed by atoms with Crippen LogP contribution in [0.4, 0.5) is 9.80 Å². The molecule has 4 heterocycles. The number of thiophene rings is 1. The number of cyclic esters (lactones) is 1. The van der Waals surface area contributed by atoms with Crippen molar-refractivity contribution in [2.24, 2.45) is 5.41 Å². The maximum atomic E-state index is 13.5.